The average molecular weight is 299 g/mol. The summed E-state index contributed by atoms with van der Waals surface area (Å²) >= 11 is 1.76. The van der Waals surface area contributed by atoms with E-state index in [1.807, 2.05) is 25.7 Å². The van der Waals surface area contributed by atoms with E-state index in [1.54, 1.807) is 11.8 Å². The molecule has 1 heterocycles. The summed E-state index contributed by atoms with van der Waals surface area (Å²) in [5.41, 5.74) is 0.349. The van der Waals surface area contributed by atoms with E-state index in [9.17, 15) is 4.79 Å². The van der Waals surface area contributed by atoms with Crippen molar-refractivity contribution >= 4 is 22.8 Å². The van der Waals surface area contributed by atoms with E-state index in [-0.39, 0.29) is 11.9 Å². The number of thioether (sulfide) groups is 1. The predicted molar refractivity (Wildman–Crippen MR) is 88.3 cm³/mol. The summed E-state index contributed by atoms with van der Waals surface area (Å²) in [6.45, 7) is 12.8. The molecule has 0 aromatic heterocycles. The molecule has 20 heavy (non-hydrogen) atoms. The van der Waals surface area contributed by atoms with Crippen LogP contribution in [0.25, 0.3) is 0 Å². The number of nitrogens with zero attached hydrogens (tertiary/aromatic N) is 2. The third kappa shape index (κ3) is 4.14. The van der Waals surface area contributed by atoms with Crippen molar-refractivity contribution in [1.82, 2.24) is 10.2 Å². The van der Waals surface area contributed by atoms with Gasteiger partial charge in [0.25, 0.3) is 0 Å². The Morgan fingerprint density at radius 3 is 2.35 bits per heavy atom. The molecule has 0 radical (unpaired) electrons. The van der Waals surface area contributed by atoms with Gasteiger partial charge in [0.1, 0.15) is 6.04 Å². The number of aliphatic imine (C=N–C) groups is 1. The largest absolute Gasteiger partial charge is 0.353 e. The van der Waals surface area contributed by atoms with Crippen molar-refractivity contribution in [2.24, 2.45) is 10.4 Å². The molecule has 1 aliphatic heterocycles. The number of likely N-dealkylation sites (N-methyl/N-ethyl adjacent to an activating group) is 1. The summed E-state index contributed by atoms with van der Waals surface area (Å²) in [4.78, 5) is 18.7. The normalized spacial score (nSPS) is 19.1. The van der Waals surface area contributed by atoms with Crippen molar-refractivity contribution in [3.8, 4) is 0 Å². The Bertz CT molecular complexity index is 349. The molecule has 0 aromatic rings. The van der Waals surface area contributed by atoms with Gasteiger partial charge in [0.2, 0.25) is 5.91 Å². The lowest BCUT2D eigenvalue weighted by Crippen LogP contribution is -2.47. The van der Waals surface area contributed by atoms with Gasteiger partial charge >= 0.3 is 0 Å². The molecule has 0 bridgehead atoms. The van der Waals surface area contributed by atoms with E-state index in [0.29, 0.717) is 5.41 Å². The minimum Gasteiger partial charge on any atom is -0.353 e. The van der Waals surface area contributed by atoms with Crippen LogP contribution in [0.5, 0.6) is 0 Å². The van der Waals surface area contributed by atoms with Gasteiger partial charge in [-0.1, -0.05) is 25.6 Å². The maximum absolute atomic E-state index is 12.2. The first kappa shape index (κ1) is 17.3. The van der Waals surface area contributed by atoms with Gasteiger partial charge in [0, 0.05) is 25.4 Å². The first-order valence-electron chi connectivity index (χ1n) is 7.74. The fourth-order valence-electron chi connectivity index (χ4n) is 2.37. The van der Waals surface area contributed by atoms with E-state index in [2.05, 4.69) is 24.2 Å². The highest BCUT2D eigenvalue weighted by molar-refractivity contribution is 8.13. The van der Waals surface area contributed by atoms with E-state index in [0.717, 1.165) is 30.6 Å². The van der Waals surface area contributed by atoms with Gasteiger partial charge in [0.05, 0.1) is 0 Å². The van der Waals surface area contributed by atoms with Crippen LogP contribution in [0, 0.1) is 5.41 Å². The Hall–Kier alpha value is -0.710. The van der Waals surface area contributed by atoms with Crippen molar-refractivity contribution in [3.63, 3.8) is 0 Å². The molecule has 0 fully saturated rings. The van der Waals surface area contributed by atoms with Gasteiger partial charge in [-0.2, -0.15) is 0 Å². The second-order valence-electron chi connectivity index (χ2n) is 5.49. The molecule has 1 atom stereocenters. The Labute approximate surface area is 127 Å². The molecule has 0 saturated heterocycles. The van der Waals surface area contributed by atoms with Crippen LogP contribution >= 0.6 is 11.8 Å². The van der Waals surface area contributed by atoms with Crippen LogP contribution in [0.4, 0.5) is 0 Å². The lowest BCUT2D eigenvalue weighted by Gasteiger charge is -2.34. The van der Waals surface area contributed by atoms with Crippen LogP contribution in [0.15, 0.2) is 4.99 Å². The van der Waals surface area contributed by atoms with Gasteiger partial charge in [-0.15, -0.1) is 0 Å². The van der Waals surface area contributed by atoms with Crippen LogP contribution in [0.1, 0.15) is 47.5 Å². The minimum absolute atomic E-state index is 0.154. The lowest BCUT2D eigenvalue weighted by atomic mass is 9.84. The number of carbonyl (C=O) groups excluding carboxylic acids is 1. The summed E-state index contributed by atoms with van der Waals surface area (Å²) in [6, 6.07) is -0.197. The molecule has 116 valence electrons. The molecule has 5 heteroatoms. The Kier molecular flexibility index (Phi) is 6.86. The van der Waals surface area contributed by atoms with Crippen molar-refractivity contribution in [1.29, 1.82) is 0 Å². The van der Waals surface area contributed by atoms with Crippen molar-refractivity contribution < 1.29 is 4.79 Å². The van der Waals surface area contributed by atoms with E-state index in [4.69, 9.17) is 0 Å². The first-order chi connectivity index (χ1) is 9.51. The highest BCUT2D eigenvalue weighted by atomic mass is 32.2. The Morgan fingerprint density at radius 2 is 1.95 bits per heavy atom. The average Bonchev–Trinajstić information content (AvgIpc) is 2.49. The fraction of sp³-hybridized carbons (Fsp3) is 0.867. The number of hydrogen-bond donors (Lipinski definition) is 1. The summed E-state index contributed by atoms with van der Waals surface area (Å²) < 4.78 is 0. The van der Waals surface area contributed by atoms with Crippen LogP contribution in [0.3, 0.4) is 0 Å². The molecule has 0 spiro atoms. The van der Waals surface area contributed by atoms with Gasteiger partial charge in [-0.25, -0.2) is 0 Å². The minimum atomic E-state index is -0.197. The third-order valence-electron chi connectivity index (χ3n) is 4.36. The van der Waals surface area contributed by atoms with Crippen LogP contribution in [-0.2, 0) is 4.79 Å². The van der Waals surface area contributed by atoms with Gasteiger partial charge in [0.15, 0.2) is 5.17 Å². The monoisotopic (exact) mass is 299 g/mol. The Morgan fingerprint density at radius 1 is 1.35 bits per heavy atom. The zero-order valence-corrected chi connectivity index (χ0v) is 14.3. The molecule has 1 rings (SSSR count). The second kappa shape index (κ2) is 7.91. The van der Waals surface area contributed by atoms with Crippen molar-refractivity contribution in [2.75, 3.05) is 25.4 Å². The van der Waals surface area contributed by atoms with Crippen LogP contribution < -0.4 is 5.32 Å². The highest BCUT2D eigenvalue weighted by Crippen LogP contribution is 2.34. The lowest BCUT2D eigenvalue weighted by molar-refractivity contribution is -0.132. The smallest absolute Gasteiger partial charge is 0.244 e. The maximum atomic E-state index is 12.2. The number of amides is 1. The molecular formula is C15H29N3OS. The summed E-state index contributed by atoms with van der Waals surface area (Å²) in [5.74, 6) is 1.25. The number of rotatable bonds is 6. The number of nitrogens with one attached hydrogen (secondary N) is 1. The zero-order valence-electron chi connectivity index (χ0n) is 13.5. The number of hydrogen-bond acceptors (Lipinski definition) is 4. The van der Waals surface area contributed by atoms with Crippen LogP contribution in [-0.4, -0.2) is 47.4 Å². The predicted octanol–water partition coefficient (Wildman–Crippen LogP) is 2.74. The molecule has 1 amide bonds. The molecule has 0 aliphatic carbocycles. The van der Waals surface area contributed by atoms with Gasteiger partial charge < -0.3 is 10.2 Å². The highest BCUT2D eigenvalue weighted by Gasteiger charge is 2.31. The standard InChI is InChI=1S/C15H29N3OS/c1-6-15(7-2)10-16-14(20-11-15)17-12(5)13(19)18(8-3)9-4/h12H,6-11H2,1-5H3,(H,16,17). The first-order valence-corrected chi connectivity index (χ1v) is 8.73. The van der Waals surface area contributed by atoms with Crippen molar-refractivity contribution in [3.05, 3.63) is 0 Å². The summed E-state index contributed by atoms with van der Waals surface area (Å²) in [6.07, 6.45) is 2.34. The number of amidine groups is 1. The van der Waals surface area contributed by atoms with Gasteiger partial charge in [-0.05, 0) is 39.0 Å². The molecule has 1 unspecified atom stereocenters. The molecule has 0 saturated carbocycles. The fourth-order valence-corrected chi connectivity index (χ4v) is 3.73. The molecule has 1 N–H and O–H groups in total. The topological polar surface area (TPSA) is 44.7 Å². The zero-order chi connectivity index (χ0) is 15.2. The summed E-state index contributed by atoms with van der Waals surface area (Å²) in [5, 5.41) is 4.20. The van der Waals surface area contributed by atoms with Crippen LogP contribution in [0.2, 0.25) is 0 Å². The van der Waals surface area contributed by atoms with Gasteiger partial charge in [-0.3, -0.25) is 9.79 Å². The quantitative estimate of drug-likeness (QED) is 0.820. The van der Waals surface area contributed by atoms with E-state index < -0.39 is 0 Å². The third-order valence-corrected chi connectivity index (χ3v) is 5.64. The SMILES string of the molecule is CCN(CC)C(=O)C(C)NC1=NCC(CC)(CC)CS1. The molecule has 0 aromatic carbocycles. The Balaban J connectivity index is 2.58. The second-order valence-corrected chi connectivity index (χ2v) is 6.46. The molecular weight excluding hydrogens is 270 g/mol. The molecule has 4 nitrogen and oxygen atoms in total. The van der Waals surface area contributed by atoms with Crippen molar-refractivity contribution in [2.45, 2.75) is 53.5 Å². The van der Waals surface area contributed by atoms with E-state index >= 15 is 0 Å². The number of carbonyl (C=O) groups is 1. The maximum Gasteiger partial charge on any atom is 0.244 e. The summed E-state index contributed by atoms with van der Waals surface area (Å²) in [7, 11) is 0. The molecule has 1 aliphatic rings. The van der Waals surface area contributed by atoms with E-state index in [1.165, 1.54) is 12.8 Å².